The molecule has 0 aliphatic carbocycles. The molecule has 1 heterocycles. The van der Waals surface area contributed by atoms with Gasteiger partial charge in [0.1, 0.15) is 0 Å². The molecule has 0 aromatic carbocycles. The van der Waals surface area contributed by atoms with Gasteiger partial charge in [-0.25, -0.2) is 23.1 Å². The van der Waals surface area contributed by atoms with Gasteiger partial charge in [0, 0.05) is 38.1 Å². The lowest BCUT2D eigenvalue weighted by Crippen LogP contribution is -2.53. The third kappa shape index (κ3) is 10.2. The van der Waals surface area contributed by atoms with Crippen molar-refractivity contribution in [2.75, 3.05) is 38.3 Å². The van der Waals surface area contributed by atoms with Crippen molar-refractivity contribution in [1.29, 1.82) is 0 Å². The van der Waals surface area contributed by atoms with Crippen LogP contribution in [0.15, 0.2) is 10.4 Å². The molecule has 0 fully saturated rings. The van der Waals surface area contributed by atoms with Gasteiger partial charge in [0.2, 0.25) is 10.0 Å². The first-order valence-corrected chi connectivity index (χ1v) is 10.4. The normalized spacial score (nSPS) is 12.5. The van der Waals surface area contributed by atoms with Crippen molar-refractivity contribution in [3.05, 3.63) is 11.1 Å². The molecule has 0 aliphatic rings. The Balaban J connectivity index is 0.00000576. The maximum absolute atomic E-state index is 11.4. The summed E-state index contributed by atoms with van der Waals surface area (Å²) in [5.41, 5.74) is 0.275. The molecule has 25 heavy (non-hydrogen) atoms. The van der Waals surface area contributed by atoms with Crippen LogP contribution in [0.3, 0.4) is 0 Å². The third-order valence-corrected chi connectivity index (χ3v) is 4.81. The predicted molar refractivity (Wildman–Crippen MR) is 117 cm³/mol. The summed E-state index contributed by atoms with van der Waals surface area (Å²) in [6.07, 6.45) is 1.15. The van der Waals surface area contributed by atoms with E-state index < -0.39 is 15.6 Å². The number of aliphatic imine (C=N–C) groups is 1. The molecule has 3 N–H and O–H groups in total. The van der Waals surface area contributed by atoms with Gasteiger partial charge in [-0.2, -0.15) is 0 Å². The maximum atomic E-state index is 11.4. The zero-order valence-corrected chi connectivity index (χ0v) is 19.5. The summed E-state index contributed by atoms with van der Waals surface area (Å²) < 4.78 is 25.4. The Morgan fingerprint density at radius 2 is 2.00 bits per heavy atom. The molecule has 0 saturated carbocycles. The molecule has 8 nitrogen and oxygen atoms in total. The van der Waals surface area contributed by atoms with E-state index in [1.54, 1.807) is 11.3 Å². The highest BCUT2D eigenvalue weighted by Crippen LogP contribution is 2.18. The monoisotopic (exact) mass is 504 g/mol. The Bertz CT molecular complexity index is 658. The van der Waals surface area contributed by atoms with Gasteiger partial charge in [0.25, 0.3) is 0 Å². The van der Waals surface area contributed by atoms with Gasteiger partial charge in [-0.3, -0.25) is 0 Å². The van der Waals surface area contributed by atoms with Crippen LogP contribution in [0.25, 0.3) is 0 Å². The van der Waals surface area contributed by atoms with Gasteiger partial charge >= 0.3 is 0 Å². The zero-order chi connectivity index (χ0) is 18.4. The molecule has 0 saturated heterocycles. The number of hydrogen-bond donors (Lipinski definition) is 3. The number of rotatable bonds is 8. The summed E-state index contributed by atoms with van der Waals surface area (Å²) in [5.74, 6) is 0.625. The standard InChI is InChI=1S/C14H28N6O2S2.HI/c1-7-15-12(17-10-14(2,3)19-24(6,21)22)16-8-11-9-23-13(18-11)20(4)5;/h9,19H,7-8,10H2,1-6H3,(H2,15,16,17);1H. The highest BCUT2D eigenvalue weighted by molar-refractivity contribution is 14.0. The molecule has 0 spiro atoms. The van der Waals surface area contributed by atoms with E-state index in [1.807, 2.05) is 45.1 Å². The van der Waals surface area contributed by atoms with Gasteiger partial charge in [0.15, 0.2) is 11.1 Å². The quantitative estimate of drug-likeness (QED) is 0.280. The van der Waals surface area contributed by atoms with Gasteiger partial charge in [-0.05, 0) is 20.8 Å². The first-order valence-electron chi connectivity index (χ1n) is 7.65. The summed E-state index contributed by atoms with van der Waals surface area (Å²) in [6, 6.07) is 0. The van der Waals surface area contributed by atoms with Crippen LogP contribution >= 0.6 is 35.3 Å². The van der Waals surface area contributed by atoms with Crippen molar-refractivity contribution in [2.24, 2.45) is 4.99 Å². The van der Waals surface area contributed by atoms with Crippen LogP contribution < -0.4 is 20.3 Å². The summed E-state index contributed by atoms with van der Waals surface area (Å²) in [7, 11) is 0.639. The average Bonchev–Trinajstić information content (AvgIpc) is 2.88. The van der Waals surface area contributed by atoms with Crippen LogP contribution in [-0.4, -0.2) is 58.3 Å². The number of guanidine groups is 1. The van der Waals surface area contributed by atoms with Crippen LogP contribution in [0, 0.1) is 0 Å². The second-order valence-electron chi connectivity index (χ2n) is 6.32. The maximum Gasteiger partial charge on any atom is 0.209 e. The van der Waals surface area contributed by atoms with Gasteiger partial charge in [0.05, 0.1) is 18.5 Å². The van der Waals surface area contributed by atoms with E-state index in [1.165, 1.54) is 0 Å². The molecular formula is C14H29IN6O2S2. The van der Waals surface area contributed by atoms with Crippen molar-refractivity contribution < 1.29 is 8.42 Å². The predicted octanol–water partition coefficient (Wildman–Crippen LogP) is 1.21. The van der Waals surface area contributed by atoms with Crippen molar-refractivity contribution in [1.82, 2.24) is 20.3 Å². The summed E-state index contributed by atoms with van der Waals surface area (Å²) >= 11 is 1.57. The molecule has 1 aromatic rings. The Kier molecular flexibility index (Phi) is 10.2. The Morgan fingerprint density at radius 1 is 1.36 bits per heavy atom. The van der Waals surface area contributed by atoms with Crippen LogP contribution in [-0.2, 0) is 16.6 Å². The number of nitrogens with one attached hydrogen (secondary N) is 3. The van der Waals surface area contributed by atoms with E-state index in [0.29, 0.717) is 25.6 Å². The second-order valence-corrected chi connectivity index (χ2v) is 8.91. The van der Waals surface area contributed by atoms with Crippen LogP contribution in [0.5, 0.6) is 0 Å². The second kappa shape index (κ2) is 10.5. The molecule has 0 atom stereocenters. The first-order chi connectivity index (χ1) is 11.0. The molecule has 146 valence electrons. The molecule has 1 aromatic heterocycles. The molecule has 0 unspecified atom stereocenters. The highest BCUT2D eigenvalue weighted by atomic mass is 127. The van der Waals surface area contributed by atoms with Crippen LogP contribution in [0.2, 0.25) is 0 Å². The van der Waals surface area contributed by atoms with Crippen molar-refractivity contribution >= 4 is 56.4 Å². The lowest BCUT2D eigenvalue weighted by atomic mass is 10.1. The van der Waals surface area contributed by atoms with E-state index in [0.717, 1.165) is 17.1 Å². The number of nitrogens with zero attached hydrogens (tertiary/aromatic N) is 3. The molecule has 0 aliphatic heterocycles. The molecule has 1 rings (SSSR count). The minimum absolute atomic E-state index is 0. The first kappa shape index (κ1) is 24.3. The minimum Gasteiger partial charge on any atom is -0.357 e. The van der Waals surface area contributed by atoms with Crippen LogP contribution in [0.4, 0.5) is 5.13 Å². The molecule has 11 heteroatoms. The number of hydrogen-bond acceptors (Lipinski definition) is 6. The van der Waals surface area contributed by atoms with E-state index in [2.05, 4.69) is 25.3 Å². The summed E-state index contributed by atoms with van der Waals surface area (Å²) in [5, 5.41) is 9.23. The fourth-order valence-electron chi connectivity index (χ4n) is 1.92. The van der Waals surface area contributed by atoms with E-state index in [-0.39, 0.29) is 24.0 Å². The lowest BCUT2D eigenvalue weighted by molar-refractivity contribution is 0.446. The molecule has 0 radical (unpaired) electrons. The molecular weight excluding hydrogens is 475 g/mol. The largest absolute Gasteiger partial charge is 0.357 e. The van der Waals surface area contributed by atoms with Crippen molar-refractivity contribution in [3.8, 4) is 0 Å². The van der Waals surface area contributed by atoms with E-state index in [4.69, 9.17) is 0 Å². The fraction of sp³-hybridized carbons (Fsp3) is 0.714. The third-order valence-electron chi connectivity index (χ3n) is 2.83. The van der Waals surface area contributed by atoms with E-state index >= 15 is 0 Å². The summed E-state index contributed by atoms with van der Waals surface area (Å²) in [4.78, 5) is 10.9. The number of thiazole rings is 1. The minimum atomic E-state index is -3.27. The van der Waals surface area contributed by atoms with Gasteiger partial charge < -0.3 is 15.5 Å². The highest BCUT2D eigenvalue weighted by Gasteiger charge is 2.22. The SMILES string of the molecule is CCNC(=NCc1csc(N(C)C)n1)NCC(C)(C)NS(C)(=O)=O.I. The van der Waals surface area contributed by atoms with Gasteiger partial charge in [-0.15, -0.1) is 35.3 Å². The number of halogens is 1. The van der Waals surface area contributed by atoms with Crippen molar-refractivity contribution in [3.63, 3.8) is 0 Å². The number of anilines is 1. The van der Waals surface area contributed by atoms with Crippen molar-refractivity contribution in [2.45, 2.75) is 32.9 Å². The Hall–Kier alpha value is -0.660. The topological polar surface area (TPSA) is 98.7 Å². The van der Waals surface area contributed by atoms with E-state index in [9.17, 15) is 8.42 Å². The smallest absolute Gasteiger partial charge is 0.209 e. The lowest BCUT2D eigenvalue weighted by Gasteiger charge is -2.26. The van der Waals surface area contributed by atoms with Gasteiger partial charge in [-0.1, -0.05) is 0 Å². The Labute approximate surface area is 172 Å². The van der Waals surface area contributed by atoms with Crippen LogP contribution in [0.1, 0.15) is 26.5 Å². The fourth-order valence-corrected chi connectivity index (χ4v) is 3.74. The Morgan fingerprint density at radius 3 is 2.48 bits per heavy atom. The average molecular weight is 504 g/mol. The summed E-state index contributed by atoms with van der Waals surface area (Å²) in [6.45, 7) is 7.18. The zero-order valence-electron chi connectivity index (χ0n) is 15.6. The number of aromatic nitrogens is 1. The molecule has 0 bridgehead atoms. The molecule has 0 amide bonds. The number of sulfonamides is 1.